The Morgan fingerprint density at radius 2 is 2.11 bits per heavy atom. The van der Waals surface area contributed by atoms with Crippen molar-refractivity contribution in [3.8, 4) is 0 Å². The summed E-state index contributed by atoms with van der Waals surface area (Å²) in [5.41, 5.74) is 2.08. The molecule has 0 bridgehead atoms. The number of hydrogen-bond acceptors (Lipinski definition) is 2. The van der Waals surface area contributed by atoms with Crippen molar-refractivity contribution in [1.29, 1.82) is 0 Å². The molecular weight excluding hydrogens is 258 g/mol. The minimum Gasteiger partial charge on any atom is -0.308 e. The van der Waals surface area contributed by atoms with Gasteiger partial charge in [0.2, 0.25) is 0 Å². The number of nitrogens with one attached hydrogen (secondary N) is 1. The number of halogens is 1. The lowest BCUT2D eigenvalue weighted by molar-refractivity contribution is 0.437. The highest BCUT2D eigenvalue weighted by Gasteiger charge is 2.18. The molecule has 0 radical (unpaired) electrons. The Hall–Kier alpha value is -0.540. The third-order valence-corrected chi connectivity index (χ3v) is 4.76. The molecule has 1 aliphatic carbocycles. The zero-order chi connectivity index (χ0) is 13.8. The van der Waals surface area contributed by atoms with E-state index in [1.807, 2.05) is 11.6 Å². The van der Waals surface area contributed by atoms with Gasteiger partial charge in [0.25, 0.3) is 0 Å². The lowest BCUT2D eigenvalue weighted by atomic mass is 10.0. The van der Waals surface area contributed by atoms with Crippen LogP contribution in [-0.4, -0.2) is 15.8 Å². The van der Waals surface area contributed by atoms with Crippen LogP contribution in [0.3, 0.4) is 0 Å². The van der Waals surface area contributed by atoms with Gasteiger partial charge in [0.1, 0.15) is 0 Å². The number of rotatable bonds is 4. The summed E-state index contributed by atoms with van der Waals surface area (Å²) < 4.78 is 2.02. The van der Waals surface area contributed by atoms with Crippen LogP contribution in [0.4, 0.5) is 0 Å². The Kier molecular flexibility index (Phi) is 5.28. The maximum Gasteiger partial charge on any atom is 0.0860 e. The van der Waals surface area contributed by atoms with Crippen molar-refractivity contribution in [1.82, 2.24) is 15.1 Å². The lowest BCUT2D eigenvalue weighted by Crippen LogP contribution is -2.29. The molecule has 1 fully saturated rings. The number of hydrogen-bond donors (Lipinski definition) is 1. The third kappa shape index (κ3) is 3.73. The Balaban J connectivity index is 1.94. The van der Waals surface area contributed by atoms with Gasteiger partial charge < -0.3 is 5.32 Å². The van der Waals surface area contributed by atoms with Crippen LogP contribution in [-0.2, 0) is 13.1 Å². The van der Waals surface area contributed by atoms with Crippen molar-refractivity contribution in [2.45, 2.75) is 72.0 Å². The van der Waals surface area contributed by atoms with E-state index in [1.165, 1.54) is 32.1 Å². The van der Waals surface area contributed by atoms with E-state index in [-0.39, 0.29) is 0 Å². The van der Waals surface area contributed by atoms with Crippen molar-refractivity contribution >= 4 is 11.6 Å². The molecule has 19 heavy (non-hydrogen) atoms. The number of aromatic nitrogens is 2. The van der Waals surface area contributed by atoms with Crippen molar-refractivity contribution in [3.05, 3.63) is 16.4 Å². The van der Waals surface area contributed by atoms with Gasteiger partial charge in [-0.3, -0.25) is 4.68 Å². The van der Waals surface area contributed by atoms with Crippen LogP contribution in [0.25, 0.3) is 0 Å². The van der Waals surface area contributed by atoms with Gasteiger partial charge >= 0.3 is 0 Å². The van der Waals surface area contributed by atoms with E-state index in [4.69, 9.17) is 11.6 Å². The molecule has 1 aliphatic rings. The zero-order valence-electron chi connectivity index (χ0n) is 12.4. The summed E-state index contributed by atoms with van der Waals surface area (Å²) in [5, 5.41) is 8.98. The van der Waals surface area contributed by atoms with E-state index in [2.05, 4.69) is 24.3 Å². The maximum absolute atomic E-state index is 6.34. The van der Waals surface area contributed by atoms with Gasteiger partial charge in [-0.05, 0) is 39.0 Å². The largest absolute Gasteiger partial charge is 0.308 e. The molecule has 2 atom stereocenters. The molecule has 4 heteroatoms. The second kappa shape index (κ2) is 6.76. The van der Waals surface area contributed by atoms with Crippen LogP contribution in [0, 0.1) is 12.8 Å². The SMILES string of the molecule is CCn1nc(C)c(Cl)c1CNC1CCCC(C)CC1. The molecule has 1 aromatic rings. The van der Waals surface area contributed by atoms with Gasteiger partial charge in [0, 0.05) is 19.1 Å². The van der Waals surface area contributed by atoms with E-state index in [9.17, 15) is 0 Å². The minimum absolute atomic E-state index is 0.640. The van der Waals surface area contributed by atoms with Crippen molar-refractivity contribution in [2.24, 2.45) is 5.92 Å². The summed E-state index contributed by atoms with van der Waals surface area (Å²) in [6, 6.07) is 0.640. The predicted octanol–water partition coefficient (Wildman–Crippen LogP) is 3.92. The van der Waals surface area contributed by atoms with Crippen LogP contribution >= 0.6 is 11.6 Å². The molecule has 1 saturated carbocycles. The number of nitrogens with zero attached hydrogens (tertiary/aromatic N) is 2. The second-order valence-corrected chi connectivity index (χ2v) is 6.23. The first-order valence-electron chi connectivity index (χ1n) is 7.57. The molecule has 2 rings (SSSR count). The molecule has 0 aromatic carbocycles. The van der Waals surface area contributed by atoms with Gasteiger partial charge in [-0.1, -0.05) is 31.4 Å². The van der Waals surface area contributed by atoms with Crippen molar-refractivity contribution < 1.29 is 0 Å². The van der Waals surface area contributed by atoms with E-state index in [0.717, 1.165) is 35.4 Å². The molecule has 0 spiro atoms. The van der Waals surface area contributed by atoms with Crippen LogP contribution in [0.15, 0.2) is 0 Å². The molecule has 0 aliphatic heterocycles. The first-order chi connectivity index (χ1) is 9.11. The van der Waals surface area contributed by atoms with Gasteiger partial charge in [0.15, 0.2) is 0 Å². The second-order valence-electron chi connectivity index (χ2n) is 5.85. The zero-order valence-corrected chi connectivity index (χ0v) is 13.1. The molecule has 1 heterocycles. The highest BCUT2D eigenvalue weighted by Crippen LogP contribution is 2.24. The smallest absolute Gasteiger partial charge is 0.0860 e. The predicted molar refractivity (Wildman–Crippen MR) is 80.5 cm³/mol. The van der Waals surface area contributed by atoms with Crippen molar-refractivity contribution in [3.63, 3.8) is 0 Å². The summed E-state index contributed by atoms with van der Waals surface area (Å²) in [4.78, 5) is 0. The first kappa shape index (κ1) is 14.9. The average Bonchev–Trinajstić information content (AvgIpc) is 2.55. The van der Waals surface area contributed by atoms with Crippen LogP contribution in [0.1, 0.15) is 57.3 Å². The highest BCUT2D eigenvalue weighted by atomic mass is 35.5. The fourth-order valence-corrected chi connectivity index (χ4v) is 3.17. The Bertz CT molecular complexity index is 414. The fourth-order valence-electron chi connectivity index (χ4n) is 2.97. The minimum atomic E-state index is 0.640. The molecule has 108 valence electrons. The molecule has 1 N–H and O–H groups in total. The fraction of sp³-hybridized carbons (Fsp3) is 0.800. The van der Waals surface area contributed by atoms with E-state index < -0.39 is 0 Å². The van der Waals surface area contributed by atoms with E-state index in [0.29, 0.717) is 6.04 Å². The summed E-state index contributed by atoms with van der Waals surface area (Å²) in [5.74, 6) is 0.888. The monoisotopic (exact) mass is 283 g/mol. The standard InChI is InChI=1S/C15H26ClN3/c1-4-19-14(15(16)12(3)18-19)10-17-13-7-5-6-11(2)8-9-13/h11,13,17H,4-10H2,1-3H3. The molecule has 1 aromatic heterocycles. The Morgan fingerprint density at radius 3 is 2.84 bits per heavy atom. The van der Waals surface area contributed by atoms with Gasteiger partial charge in [-0.25, -0.2) is 0 Å². The van der Waals surface area contributed by atoms with Gasteiger partial charge in [0.05, 0.1) is 16.4 Å². The molecule has 2 unspecified atom stereocenters. The Morgan fingerprint density at radius 1 is 1.32 bits per heavy atom. The molecule has 3 nitrogen and oxygen atoms in total. The summed E-state index contributed by atoms with van der Waals surface area (Å²) in [7, 11) is 0. The summed E-state index contributed by atoms with van der Waals surface area (Å²) >= 11 is 6.34. The van der Waals surface area contributed by atoms with E-state index in [1.54, 1.807) is 0 Å². The first-order valence-corrected chi connectivity index (χ1v) is 7.94. The lowest BCUT2D eigenvalue weighted by Gasteiger charge is -2.17. The normalized spacial score (nSPS) is 24.4. The van der Waals surface area contributed by atoms with Crippen molar-refractivity contribution in [2.75, 3.05) is 0 Å². The van der Waals surface area contributed by atoms with Gasteiger partial charge in [-0.15, -0.1) is 0 Å². The quantitative estimate of drug-likeness (QED) is 0.849. The van der Waals surface area contributed by atoms with Gasteiger partial charge in [-0.2, -0.15) is 5.10 Å². The summed E-state index contributed by atoms with van der Waals surface area (Å²) in [6.45, 7) is 8.18. The topological polar surface area (TPSA) is 29.9 Å². The average molecular weight is 284 g/mol. The molecule has 0 amide bonds. The van der Waals surface area contributed by atoms with Crippen LogP contribution in [0.5, 0.6) is 0 Å². The van der Waals surface area contributed by atoms with Crippen LogP contribution in [0.2, 0.25) is 5.02 Å². The van der Waals surface area contributed by atoms with Crippen LogP contribution < -0.4 is 5.32 Å². The maximum atomic E-state index is 6.34. The summed E-state index contributed by atoms with van der Waals surface area (Å²) in [6.07, 6.45) is 6.65. The third-order valence-electron chi connectivity index (χ3n) is 4.27. The number of aryl methyl sites for hydroxylation is 2. The molecular formula is C15H26ClN3. The Labute approximate surface area is 121 Å². The van der Waals surface area contributed by atoms with E-state index >= 15 is 0 Å². The highest BCUT2D eigenvalue weighted by molar-refractivity contribution is 6.31. The molecule has 0 saturated heterocycles.